The lowest BCUT2D eigenvalue weighted by molar-refractivity contribution is 0.742. The molecule has 80 valence electrons. The molecule has 0 aliphatic carbocycles. The topological polar surface area (TPSA) is 74.7 Å². The smallest absolute Gasteiger partial charge is 0.144 e. The van der Waals surface area contributed by atoms with Gasteiger partial charge in [-0.25, -0.2) is 4.98 Å². The highest BCUT2D eigenvalue weighted by Crippen LogP contribution is 2.14. The summed E-state index contributed by atoms with van der Waals surface area (Å²) in [6.07, 6.45) is 5.02. The van der Waals surface area contributed by atoms with E-state index < -0.39 is 0 Å². The van der Waals surface area contributed by atoms with Crippen LogP contribution in [0.2, 0.25) is 0 Å². The average Bonchev–Trinajstić information content (AvgIpc) is 2.26. The first kappa shape index (κ1) is 11.3. The molecule has 1 rings (SSSR count). The highest BCUT2D eigenvalue weighted by Gasteiger charge is 2.02. The molecule has 4 heteroatoms. The Morgan fingerprint density at radius 2 is 2.33 bits per heavy atom. The first-order chi connectivity index (χ1) is 7.27. The number of nitriles is 1. The van der Waals surface area contributed by atoms with Crippen LogP contribution in [-0.2, 0) is 0 Å². The third kappa shape index (κ3) is 3.47. The van der Waals surface area contributed by atoms with Crippen molar-refractivity contribution in [3.63, 3.8) is 0 Å². The van der Waals surface area contributed by atoms with E-state index in [-0.39, 0.29) is 0 Å². The number of unbranched alkanes of at least 4 members (excludes halogenated alkanes) is 2. The van der Waals surface area contributed by atoms with E-state index in [0.717, 1.165) is 13.0 Å². The molecule has 4 nitrogen and oxygen atoms in total. The molecule has 0 aromatic carbocycles. The molecule has 0 aliphatic rings. The van der Waals surface area contributed by atoms with Gasteiger partial charge in [0.25, 0.3) is 0 Å². The predicted molar refractivity (Wildman–Crippen MR) is 61.4 cm³/mol. The molecule has 3 N–H and O–H groups in total. The maximum atomic E-state index is 8.86. The minimum atomic E-state index is 0.506. The lowest BCUT2D eigenvalue weighted by Gasteiger charge is -2.06. The van der Waals surface area contributed by atoms with E-state index in [1.807, 2.05) is 0 Å². The molecule has 0 aliphatic heterocycles. The summed E-state index contributed by atoms with van der Waals surface area (Å²) in [5.74, 6) is 0.628. The van der Waals surface area contributed by atoms with Crippen molar-refractivity contribution in [2.24, 2.45) is 0 Å². The summed E-state index contributed by atoms with van der Waals surface area (Å²) in [5.41, 5.74) is 6.56. The molecule has 1 aromatic rings. The van der Waals surface area contributed by atoms with E-state index in [2.05, 4.69) is 23.3 Å². The van der Waals surface area contributed by atoms with Crippen LogP contribution in [0.15, 0.2) is 12.3 Å². The zero-order valence-corrected chi connectivity index (χ0v) is 8.95. The van der Waals surface area contributed by atoms with E-state index >= 15 is 0 Å². The van der Waals surface area contributed by atoms with E-state index in [4.69, 9.17) is 11.0 Å². The summed E-state index contributed by atoms with van der Waals surface area (Å²) < 4.78 is 0. The summed E-state index contributed by atoms with van der Waals surface area (Å²) in [4.78, 5) is 4.09. The van der Waals surface area contributed by atoms with Gasteiger partial charge < -0.3 is 11.1 Å². The minimum Gasteiger partial charge on any atom is -0.397 e. The van der Waals surface area contributed by atoms with E-state index in [1.54, 1.807) is 12.3 Å². The number of hydrogen-bond acceptors (Lipinski definition) is 4. The molecular formula is C11H16N4. The molecule has 0 atom stereocenters. The lowest BCUT2D eigenvalue weighted by Crippen LogP contribution is -2.05. The standard InChI is InChI=1S/C11H16N4/c1-2-3-4-5-14-11-9(7-12)6-10(13)8-15-11/h6,8H,2-5,13H2,1H3,(H,14,15). The van der Waals surface area contributed by atoms with Crippen LogP contribution < -0.4 is 11.1 Å². The van der Waals surface area contributed by atoms with E-state index in [0.29, 0.717) is 17.1 Å². The van der Waals surface area contributed by atoms with Crippen molar-refractivity contribution in [3.8, 4) is 6.07 Å². The molecular weight excluding hydrogens is 188 g/mol. The van der Waals surface area contributed by atoms with Crippen molar-refractivity contribution in [3.05, 3.63) is 17.8 Å². The molecule has 0 radical (unpaired) electrons. The van der Waals surface area contributed by atoms with Gasteiger partial charge in [-0.15, -0.1) is 0 Å². The van der Waals surface area contributed by atoms with Crippen LogP contribution >= 0.6 is 0 Å². The van der Waals surface area contributed by atoms with E-state index in [1.165, 1.54) is 12.8 Å². The number of pyridine rings is 1. The second-order valence-corrected chi connectivity index (χ2v) is 3.41. The fraction of sp³-hybridized carbons (Fsp3) is 0.455. The zero-order valence-electron chi connectivity index (χ0n) is 8.95. The number of nitrogens with one attached hydrogen (secondary N) is 1. The SMILES string of the molecule is CCCCCNc1ncc(N)cc1C#N. The number of hydrogen-bond donors (Lipinski definition) is 2. The molecule has 1 heterocycles. The minimum absolute atomic E-state index is 0.506. The zero-order chi connectivity index (χ0) is 11.1. The molecule has 0 fully saturated rings. The molecule has 0 amide bonds. The van der Waals surface area contributed by atoms with Crippen molar-refractivity contribution in [1.29, 1.82) is 5.26 Å². The Morgan fingerprint density at radius 3 is 3.00 bits per heavy atom. The Morgan fingerprint density at radius 1 is 1.53 bits per heavy atom. The molecule has 1 aromatic heterocycles. The Bertz CT molecular complexity index is 354. The number of rotatable bonds is 5. The van der Waals surface area contributed by atoms with Gasteiger partial charge in [-0.05, 0) is 12.5 Å². The van der Waals surface area contributed by atoms with Crippen molar-refractivity contribution >= 4 is 11.5 Å². The number of anilines is 2. The van der Waals surface area contributed by atoms with Gasteiger partial charge in [0.15, 0.2) is 0 Å². The normalized spacial score (nSPS) is 9.60. The second-order valence-electron chi connectivity index (χ2n) is 3.41. The Kier molecular flexibility index (Phi) is 4.42. The van der Waals surface area contributed by atoms with Crippen molar-refractivity contribution in [2.75, 3.05) is 17.6 Å². The quantitative estimate of drug-likeness (QED) is 0.720. The largest absolute Gasteiger partial charge is 0.397 e. The molecule has 0 saturated heterocycles. The van der Waals surface area contributed by atoms with Crippen LogP contribution in [0.25, 0.3) is 0 Å². The maximum absolute atomic E-state index is 8.86. The van der Waals surface area contributed by atoms with Gasteiger partial charge in [-0.1, -0.05) is 19.8 Å². The van der Waals surface area contributed by atoms with Gasteiger partial charge in [0.05, 0.1) is 17.4 Å². The van der Waals surface area contributed by atoms with Gasteiger partial charge in [-0.3, -0.25) is 0 Å². The van der Waals surface area contributed by atoms with Crippen LogP contribution in [0.1, 0.15) is 31.7 Å². The van der Waals surface area contributed by atoms with Gasteiger partial charge in [0, 0.05) is 6.54 Å². The first-order valence-electron chi connectivity index (χ1n) is 5.17. The van der Waals surface area contributed by atoms with Gasteiger partial charge in [0.1, 0.15) is 11.9 Å². The Balaban J connectivity index is 2.57. The number of nitrogens with zero attached hydrogens (tertiary/aromatic N) is 2. The van der Waals surface area contributed by atoms with Crippen LogP contribution in [0.5, 0.6) is 0 Å². The van der Waals surface area contributed by atoms with Crippen molar-refractivity contribution < 1.29 is 0 Å². The molecule has 15 heavy (non-hydrogen) atoms. The van der Waals surface area contributed by atoms with Crippen molar-refractivity contribution in [2.45, 2.75) is 26.2 Å². The predicted octanol–water partition coefficient (Wildman–Crippen LogP) is 2.14. The third-order valence-electron chi connectivity index (χ3n) is 2.10. The van der Waals surface area contributed by atoms with Crippen LogP contribution in [-0.4, -0.2) is 11.5 Å². The fourth-order valence-corrected chi connectivity index (χ4v) is 1.29. The van der Waals surface area contributed by atoms with Crippen LogP contribution in [0.4, 0.5) is 11.5 Å². The monoisotopic (exact) mass is 204 g/mol. The molecule has 0 saturated carbocycles. The lowest BCUT2D eigenvalue weighted by atomic mass is 10.2. The van der Waals surface area contributed by atoms with Crippen LogP contribution in [0.3, 0.4) is 0 Å². The molecule has 0 bridgehead atoms. The van der Waals surface area contributed by atoms with Crippen molar-refractivity contribution in [1.82, 2.24) is 4.98 Å². The fourth-order valence-electron chi connectivity index (χ4n) is 1.29. The highest BCUT2D eigenvalue weighted by atomic mass is 15.0. The van der Waals surface area contributed by atoms with E-state index in [9.17, 15) is 0 Å². The molecule has 0 spiro atoms. The summed E-state index contributed by atoms with van der Waals surface area (Å²) in [7, 11) is 0. The Labute approximate surface area is 90.1 Å². The number of nitrogen functional groups attached to an aromatic ring is 1. The number of nitrogens with two attached hydrogens (primary N) is 1. The second kappa shape index (κ2) is 5.86. The average molecular weight is 204 g/mol. The summed E-state index contributed by atoms with van der Waals surface area (Å²) in [6.45, 7) is 3.00. The highest BCUT2D eigenvalue weighted by molar-refractivity contribution is 5.57. The molecule has 0 unspecified atom stereocenters. The first-order valence-corrected chi connectivity index (χ1v) is 5.17. The number of aromatic nitrogens is 1. The maximum Gasteiger partial charge on any atom is 0.144 e. The summed E-state index contributed by atoms with van der Waals surface area (Å²) in [6, 6.07) is 3.71. The van der Waals surface area contributed by atoms with Gasteiger partial charge >= 0.3 is 0 Å². The van der Waals surface area contributed by atoms with Gasteiger partial charge in [-0.2, -0.15) is 5.26 Å². The van der Waals surface area contributed by atoms with Gasteiger partial charge in [0.2, 0.25) is 0 Å². The van der Waals surface area contributed by atoms with Crippen LogP contribution in [0, 0.1) is 11.3 Å². The summed E-state index contributed by atoms with van der Waals surface area (Å²) in [5, 5.41) is 12.0. The summed E-state index contributed by atoms with van der Waals surface area (Å²) >= 11 is 0. The Hall–Kier alpha value is -1.76. The third-order valence-corrected chi connectivity index (χ3v) is 2.10.